The summed E-state index contributed by atoms with van der Waals surface area (Å²) >= 11 is 0. The Bertz CT molecular complexity index is 2230. The van der Waals surface area contributed by atoms with Gasteiger partial charge in [0.25, 0.3) is 0 Å². The number of hydrogen-bond acceptors (Lipinski definition) is 26. The molecule has 33 atom stereocenters. The Kier molecular flexibility index (Phi) is 21.1. The van der Waals surface area contributed by atoms with Gasteiger partial charge in [-0.05, 0) is 130 Å². The number of allylic oxidation sites excluding steroid dienone is 2. The van der Waals surface area contributed by atoms with Gasteiger partial charge in [0.15, 0.2) is 31.5 Å². The van der Waals surface area contributed by atoms with E-state index >= 15 is 0 Å². The first kappa shape index (κ1) is 68.1. The molecule has 0 bridgehead atoms. The minimum absolute atomic E-state index is 0.0195. The molecule has 0 aromatic heterocycles. The molecule has 9 aliphatic rings. The van der Waals surface area contributed by atoms with Crippen molar-refractivity contribution >= 4 is 0 Å². The molecule has 0 unspecified atom stereocenters. The third kappa shape index (κ3) is 12.4. The molecule has 5 heterocycles. The number of rotatable bonds is 19. The summed E-state index contributed by atoms with van der Waals surface area (Å²) in [7, 11) is 0. The second-order valence-electron chi connectivity index (χ2n) is 28.0. The van der Waals surface area contributed by atoms with Crippen molar-refractivity contribution in [2.45, 2.75) is 279 Å². The number of ether oxygens (including phenoxy) is 10. The van der Waals surface area contributed by atoms with Crippen molar-refractivity contribution in [3.05, 3.63) is 11.6 Å². The van der Waals surface area contributed by atoms with E-state index in [0.29, 0.717) is 44.9 Å². The van der Waals surface area contributed by atoms with Crippen molar-refractivity contribution in [1.82, 2.24) is 0 Å². The largest absolute Gasteiger partial charge is 0.394 e. The maximum absolute atomic E-state index is 13.0. The fourth-order valence-corrected chi connectivity index (χ4v) is 17.4. The fraction of sp³-hybridized carbons (Fsp3) is 0.966. The van der Waals surface area contributed by atoms with Gasteiger partial charge >= 0.3 is 0 Å². The first-order valence-electron chi connectivity index (χ1n) is 30.7. The highest BCUT2D eigenvalue weighted by atomic mass is 16.8. The van der Waals surface area contributed by atoms with Crippen LogP contribution in [0.3, 0.4) is 0 Å². The lowest BCUT2D eigenvalue weighted by Crippen LogP contribution is -2.68. The molecule has 5 saturated heterocycles. The minimum atomic E-state index is -1.83. The van der Waals surface area contributed by atoms with Crippen LogP contribution in [0.2, 0.25) is 0 Å². The molecule has 9 rings (SSSR count). The third-order valence-corrected chi connectivity index (χ3v) is 22.5. The van der Waals surface area contributed by atoms with E-state index in [1.165, 1.54) is 0 Å². The molecule has 9 fully saturated rings. The second-order valence-corrected chi connectivity index (χ2v) is 28.0. The summed E-state index contributed by atoms with van der Waals surface area (Å²) in [5, 5.41) is 174. The predicted molar refractivity (Wildman–Crippen MR) is 291 cm³/mol. The Hall–Kier alpha value is -1.30. The van der Waals surface area contributed by atoms with Crippen LogP contribution in [0.4, 0.5) is 0 Å². The molecule has 26 nitrogen and oxygen atoms in total. The molecule has 5 aliphatic heterocycles. The number of aliphatic hydroxyl groups is 16. The van der Waals surface area contributed by atoms with Crippen LogP contribution >= 0.6 is 0 Å². The topological polar surface area (TPSA) is 416 Å². The van der Waals surface area contributed by atoms with E-state index in [4.69, 9.17) is 47.4 Å². The normalized spacial score (nSPS) is 52.4. The van der Waals surface area contributed by atoms with Gasteiger partial charge in [-0.3, -0.25) is 0 Å². The molecule has 0 amide bonds. The zero-order chi connectivity index (χ0) is 62.2. The highest BCUT2D eigenvalue weighted by molar-refractivity contribution is 5.20. The summed E-state index contributed by atoms with van der Waals surface area (Å²) in [5.41, 5.74) is -1.64. The van der Waals surface area contributed by atoms with Gasteiger partial charge in [0.1, 0.15) is 110 Å². The van der Waals surface area contributed by atoms with Crippen molar-refractivity contribution in [3.63, 3.8) is 0 Å². The average molecular weight is 1230 g/mol. The first-order valence-corrected chi connectivity index (χ1v) is 30.7. The molecule has 26 heteroatoms. The van der Waals surface area contributed by atoms with Crippen LogP contribution < -0.4 is 0 Å². The smallest absolute Gasteiger partial charge is 0.187 e. The second kappa shape index (κ2) is 26.4. The van der Waals surface area contributed by atoms with Crippen molar-refractivity contribution in [1.29, 1.82) is 0 Å². The van der Waals surface area contributed by atoms with Crippen LogP contribution in [0.25, 0.3) is 0 Å². The fourth-order valence-electron chi connectivity index (χ4n) is 17.4. The van der Waals surface area contributed by atoms with Gasteiger partial charge < -0.3 is 129 Å². The van der Waals surface area contributed by atoms with Crippen LogP contribution in [-0.4, -0.2) is 274 Å². The summed E-state index contributed by atoms with van der Waals surface area (Å²) in [6, 6.07) is 0. The third-order valence-electron chi connectivity index (χ3n) is 22.5. The zero-order valence-corrected chi connectivity index (χ0v) is 50.2. The summed E-state index contributed by atoms with van der Waals surface area (Å²) < 4.78 is 61.0. The molecule has 4 saturated carbocycles. The molecule has 0 aromatic rings. The molecule has 16 N–H and O–H groups in total. The van der Waals surface area contributed by atoms with E-state index in [2.05, 4.69) is 40.7 Å². The number of aliphatic hydroxyl groups excluding tert-OH is 16. The van der Waals surface area contributed by atoms with Crippen molar-refractivity contribution in [2.24, 2.45) is 45.3 Å². The lowest BCUT2D eigenvalue weighted by Gasteiger charge is -2.71. The lowest BCUT2D eigenvalue weighted by atomic mass is 9.35. The molecule has 492 valence electrons. The molecule has 0 aromatic carbocycles. The summed E-state index contributed by atoms with van der Waals surface area (Å²) in [6.07, 6.45) is -28.8. The average Bonchev–Trinajstić information content (AvgIpc) is 1.72. The molecule has 0 spiro atoms. The number of hydrogen-bond donors (Lipinski definition) is 16. The van der Waals surface area contributed by atoms with Crippen LogP contribution in [0.1, 0.15) is 120 Å². The van der Waals surface area contributed by atoms with Crippen LogP contribution in [-0.2, 0) is 47.4 Å². The van der Waals surface area contributed by atoms with Crippen LogP contribution in [0, 0.1) is 45.3 Å². The van der Waals surface area contributed by atoms with Gasteiger partial charge in [0.2, 0.25) is 0 Å². The van der Waals surface area contributed by atoms with Gasteiger partial charge in [-0.15, -0.1) is 0 Å². The van der Waals surface area contributed by atoms with Gasteiger partial charge in [0, 0.05) is 0 Å². The Morgan fingerprint density at radius 3 is 1.72 bits per heavy atom. The van der Waals surface area contributed by atoms with Gasteiger partial charge in [0.05, 0.1) is 50.8 Å². The highest BCUT2D eigenvalue weighted by Gasteiger charge is 2.72. The number of fused-ring (bicyclic) bond motifs is 5. The Morgan fingerprint density at radius 2 is 1.07 bits per heavy atom. The van der Waals surface area contributed by atoms with E-state index in [-0.39, 0.29) is 34.5 Å². The van der Waals surface area contributed by atoms with Crippen molar-refractivity contribution < 1.29 is 129 Å². The standard InChI is InChI=1S/C59H100O26/c1-25(2)11-9-10-15-59(8,85-52-47(75)43(71)40(68)32(81-52)24-77-53-48(41(69)31(22-62)79-53)83-50-45(73)37(65)28(64)23-76-50)26-12-17-58(7)36(26)27(63)19-34-56(5)16-14-35(55(3,4)33(56)13-18-57(34,58)6)82-54-49(44(72)39(67)30(21-61)80-54)84-51-46(74)42(70)38(66)29(20-60)78-51/h11,26-54,60-75H,9-10,12-24H2,1-8H3/t26-,27+,28+,29+,30+,31-,32+,33-,34+,35-,36+,37-,38+,39+,40+,41+,42-,43-,44-,45+,46+,47+,48-,49+,50-,51-,52-,53+,54-,56-,57+,58+,59-/m0/s1. The van der Waals surface area contributed by atoms with E-state index in [9.17, 15) is 81.7 Å². The molecule has 4 aliphatic carbocycles. The molecule has 85 heavy (non-hydrogen) atoms. The highest BCUT2D eigenvalue weighted by Crippen LogP contribution is 2.76. The predicted octanol–water partition coefficient (Wildman–Crippen LogP) is -2.71. The summed E-state index contributed by atoms with van der Waals surface area (Å²) in [4.78, 5) is 0. The van der Waals surface area contributed by atoms with E-state index in [1.807, 2.05) is 20.8 Å². The monoisotopic (exact) mass is 1220 g/mol. The maximum Gasteiger partial charge on any atom is 0.187 e. The van der Waals surface area contributed by atoms with E-state index < -0.39 is 203 Å². The van der Waals surface area contributed by atoms with Gasteiger partial charge in [-0.25, -0.2) is 0 Å². The van der Waals surface area contributed by atoms with Gasteiger partial charge in [-0.2, -0.15) is 0 Å². The quantitative estimate of drug-likeness (QED) is 0.0355. The van der Waals surface area contributed by atoms with Crippen molar-refractivity contribution in [3.8, 4) is 0 Å². The Morgan fingerprint density at radius 1 is 0.529 bits per heavy atom. The summed E-state index contributed by atoms with van der Waals surface area (Å²) in [5.74, 6) is -0.546. The minimum Gasteiger partial charge on any atom is -0.394 e. The van der Waals surface area contributed by atoms with Crippen molar-refractivity contribution in [2.75, 3.05) is 33.0 Å². The SMILES string of the molecule is CC(C)=CCCC[C@](C)(O[C@@H]1O[C@H](CO[C@@H]2O[C@@H](CO)[C@@H](O)[C@@H]2O[C@@H]2OC[C@@H](O)[C@H](O)[C@H]2O)[C@@H](O)[C@H](O)[C@H]1O)[C@H]1CC[C@]2(C)[C@H]1[C@H](O)C[C@@H]1[C@@]3(C)CC[C@H](O[C@@H]4O[C@H](CO)[C@@H](O)[C@H](O)[C@H]4O[C@@H]4O[C@H](CO)[C@@H](O)[C@H](O)[C@H]4O)C(C)(C)[C@@H]3CC[C@]12C. The lowest BCUT2D eigenvalue weighted by molar-refractivity contribution is -0.378. The van der Waals surface area contributed by atoms with Crippen LogP contribution in [0.5, 0.6) is 0 Å². The maximum atomic E-state index is 13.0. The summed E-state index contributed by atoms with van der Waals surface area (Å²) in [6.45, 7) is 14.2. The number of unbranched alkanes of at least 4 members (excludes halogenated alkanes) is 1. The molecular formula is C59H100O26. The Balaban J connectivity index is 0.922. The van der Waals surface area contributed by atoms with Gasteiger partial charge in [-0.1, -0.05) is 46.3 Å². The molecule has 0 radical (unpaired) electrons. The van der Waals surface area contributed by atoms with E-state index in [1.54, 1.807) is 0 Å². The van der Waals surface area contributed by atoms with E-state index in [0.717, 1.165) is 24.8 Å². The Labute approximate surface area is 496 Å². The first-order chi connectivity index (χ1) is 39.9. The van der Waals surface area contributed by atoms with Crippen LogP contribution in [0.15, 0.2) is 11.6 Å². The molecular weight excluding hydrogens is 1120 g/mol. The zero-order valence-electron chi connectivity index (χ0n) is 50.2.